The summed E-state index contributed by atoms with van der Waals surface area (Å²) in [5, 5.41) is 8.65. The fourth-order valence-corrected chi connectivity index (χ4v) is 4.15. The molecule has 0 saturated heterocycles. The number of nitrogens with zero attached hydrogens (tertiary/aromatic N) is 1. The van der Waals surface area contributed by atoms with E-state index in [1.54, 1.807) is 6.07 Å². The Morgan fingerprint density at radius 2 is 2.00 bits per heavy atom. The first-order chi connectivity index (χ1) is 9.94. The van der Waals surface area contributed by atoms with Gasteiger partial charge in [-0.05, 0) is 30.9 Å². The number of aliphatic carboxylic acids is 1. The molecule has 6 nitrogen and oxygen atoms in total. The summed E-state index contributed by atoms with van der Waals surface area (Å²) in [5.74, 6) is -0.590. The lowest BCUT2D eigenvalue weighted by molar-refractivity contribution is -0.136. The maximum Gasteiger partial charge on any atom is 0.309 e. The maximum absolute atomic E-state index is 12.1. The Morgan fingerprint density at radius 3 is 2.57 bits per heavy atom. The van der Waals surface area contributed by atoms with E-state index in [4.69, 9.17) is 5.11 Å². The summed E-state index contributed by atoms with van der Waals surface area (Å²) in [6.45, 7) is 0. The average Bonchev–Trinajstić information content (AvgIpc) is 2.40. The van der Waals surface area contributed by atoms with Crippen molar-refractivity contribution in [3.05, 3.63) is 24.0 Å². The average molecular weight is 312 g/mol. The maximum atomic E-state index is 12.1. The van der Waals surface area contributed by atoms with Crippen LogP contribution in [0.1, 0.15) is 37.8 Å². The Balaban J connectivity index is 1.94. The topological polar surface area (TPSA) is 96.4 Å². The molecule has 0 unspecified atom stereocenters. The SMILES string of the molecule is O=C(O)Cc1ccc(NS(=O)(=O)CC2CCCCC2)cn1. The standard InChI is InChI=1S/C14H20N2O4S/c17-14(18)8-12-6-7-13(9-15-12)16-21(19,20)10-11-4-2-1-3-5-11/h6-7,9,11,16H,1-5,8,10H2,(H,17,18). The third-order valence-electron chi connectivity index (χ3n) is 3.61. The van der Waals surface area contributed by atoms with E-state index in [1.807, 2.05) is 0 Å². The summed E-state index contributed by atoms with van der Waals surface area (Å²) in [6, 6.07) is 3.07. The summed E-state index contributed by atoms with van der Waals surface area (Å²) in [7, 11) is -3.38. The van der Waals surface area contributed by atoms with Gasteiger partial charge in [0.05, 0.1) is 29.8 Å². The van der Waals surface area contributed by atoms with Gasteiger partial charge in [-0.15, -0.1) is 0 Å². The largest absolute Gasteiger partial charge is 0.481 e. The van der Waals surface area contributed by atoms with Crippen molar-refractivity contribution < 1.29 is 18.3 Å². The van der Waals surface area contributed by atoms with Crippen molar-refractivity contribution in [2.45, 2.75) is 38.5 Å². The molecule has 0 aliphatic heterocycles. The molecule has 116 valence electrons. The molecule has 1 aliphatic carbocycles. The van der Waals surface area contributed by atoms with Gasteiger partial charge >= 0.3 is 5.97 Å². The molecule has 1 aromatic rings. The molecule has 1 saturated carbocycles. The number of pyridine rings is 1. The van der Waals surface area contributed by atoms with E-state index in [0.29, 0.717) is 11.4 Å². The molecule has 1 fully saturated rings. The number of anilines is 1. The van der Waals surface area contributed by atoms with Gasteiger partial charge < -0.3 is 5.11 Å². The van der Waals surface area contributed by atoms with Crippen molar-refractivity contribution >= 4 is 21.7 Å². The van der Waals surface area contributed by atoms with Gasteiger partial charge in [0.15, 0.2) is 0 Å². The highest BCUT2D eigenvalue weighted by Crippen LogP contribution is 2.25. The lowest BCUT2D eigenvalue weighted by atomic mass is 9.91. The summed E-state index contributed by atoms with van der Waals surface area (Å²) >= 11 is 0. The van der Waals surface area contributed by atoms with Crippen LogP contribution in [-0.4, -0.2) is 30.2 Å². The van der Waals surface area contributed by atoms with Gasteiger partial charge in [-0.3, -0.25) is 14.5 Å². The van der Waals surface area contributed by atoms with Crippen molar-refractivity contribution in [2.75, 3.05) is 10.5 Å². The molecule has 0 amide bonds. The van der Waals surface area contributed by atoms with E-state index in [2.05, 4.69) is 9.71 Å². The summed E-state index contributed by atoms with van der Waals surface area (Å²) in [6.07, 6.45) is 6.52. The van der Waals surface area contributed by atoms with Crippen LogP contribution in [0.4, 0.5) is 5.69 Å². The number of aromatic nitrogens is 1. The van der Waals surface area contributed by atoms with E-state index in [1.165, 1.54) is 18.7 Å². The Hall–Kier alpha value is -1.63. The van der Waals surface area contributed by atoms with E-state index in [0.717, 1.165) is 25.7 Å². The first kappa shape index (κ1) is 15.8. The monoisotopic (exact) mass is 312 g/mol. The molecule has 21 heavy (non-hydrogen) atoms. The van der Waals surface area contributed by atoms with Crippen LogP contribution in [0.5, 0.6) is 0 Å². The lowest BCUT2D eigenvalue weighted by Gasteiger charge is -2.21. The number of carboxylic acids is 1. The van der Waals surface area contributed by atoms with E-state index >= 15 is 0 Å². The Kier molecular flexibility index (Phi) is 5.17. The number of carboxylic acid groups (broad SMARTS) is 1. The molecule has 0 radical (unpaired) electrons. The van der Waals surface area contributed by atoms with E-state index in [-0.39, 0.29) is 18.1 Å². The zero-order valence-corrected chi connectivity index (χ0v) is 12.6. The van der Waals surface area contributed by atoms with Crippen molar-refractivity contribution in [1.82, 2.24) is 4.98 Å². The molecule has 0 spiro atoms. The summed E-state index contributed by atoms with van der Waals surface area (Å²) in [4.78, 5) is 14.5. The molecular weight excluding hydrogens is 292 g/mol. The molecule has 1 aromatic heterocycles. The number of carbonyl (C=O) groups is 1. The van der Waals surface area contributed by atoms with Crippen molar-refractivity contribution in [3.63, 3.8) is 0 Å². The lowest BCUT2D eigenvalue weighted by Crippen LogP contribution is -2.24. The Bertz CT molecular complexity index is 577. The zero-order valence-electron chi connectivity index (χ0n) is 11.8. The molecule has 0 aromatic carbocycles. The second kappa shape index (κ2) is 6.89. The Labute approximate surface area is 124 Å². The molecule has 0 atom stereocenters. The highest BCUT2D eigenvalue weighted by Gasteiger charge is 2.21. The van der Waals surface area contributed by atoms with Gasteiger partial charge in [-0.1, -0.05) is 19.3 Å². The molecule has 7 heteroatoms. The molecule has 0 bridgehead atoms. The third kappa shape index (κ3) is 5.34. The number of nitrogens with one attached hydrogen (secondary N) is 1. The van der Waals surface area contributed by atoms with Gasteiger partial charge in [-0.2, -0.15) is 0 Å². The van der Waals surface area contributed by atoms with Gasteiger partial charge in [0.1, 0.15) is 0 Å². The van der Waals surface area contributed by atoms with Crippen LogP contribution < -0.4 is 4.72 Å². The normalized spacial score (nSPS) is 16.6. The second-order valence-electron chi connectivity index (χ2n) is 5.50. The number of sulfonamides is 1. The van der Waals surface area contributed by atoms with Crippen molar-refractivity contribution in [2.24, 2.45) is 5.92 Å². The van der Waals surface area contributed by atoms with E-state index in [9.17, 15) is 13.2 Å². The van der Waals surface area contributed by atoms with Crippen LogP contribution in [-0.2, 0) is 21.2 Å². The second-order valence-corrected chi connectivity index (χ2v) is 7.26. The van der Waals surface area contributed by atoms with Gasteiger partial charge in [0.2, 0.25) is 10.0 Å². The highest BCUT2D eigenvalue weighted by atomic mass is 32.2. The molecule has 1 heterocycles. The smallest absolute Gasteiger partial charge is 0.309 e. The minimum absolute atomic E-state index is 0.143. The van der Waals surface area contributed by atoms with Crippen LogP contribution in [0.3, 0.4) is 0 Å². The first-order valence-electron chi connectivity index (χ1n) is 7.12. The van der Waals surface area contributed by atoms with E-state index < -0.39 is 16.0 Å². The predicted octanol–water partition coefficient (Wildman–Crippen LogP) is 2.03. The third-order valence-corrected chi connectivity index (χ3v) is 5.07. The van der Waals surface area contributed by atoms with Crippen LogP contribution >= 0.6 is 0 Å². The Morgan fingerprint density at radius 1 is 1.29 bits per heavy atom. The van der Waals surface area contributed by atoms with Crippen LogP contribution in [0.2, 0.25) is 0 Å². The van der Waals surface area contributed by atoms with Crippen LogP contribution in [0.25, 0.3) is 0 Å². The fourth-order valence-electron chi connectivity index (χ4n) is 2.63. The quantitative estimate of drug-likeness (QED) is 0.838. The molecule has 1 aliphatic rings. The molecule has 2 N–H and O–H groups in total. The molecule has 2 rings (SSSR count). The number of hydrogen-bond donors (Lipinski definition) is 2. The van der Waals surface area contributed by atoms with Gasteiger partial charge in [0.25, 0.3) is 0 Å². The highest BCUT2D eigenvalue weighted by molar-refractivity contribution is 7.92. The summed E-state index contributed by atoms with van der Waals surface area (Å²) < 4.78 is 26.7. The summed E-state index contributed by atoms with van der Waals surface area (Å²) in [5.41, 5.74) is 0.776. The van der Waals surface area contributed by atoms with Crippen LogP contribution in [0, 0.1) is 5.92 Å². The number of hydrogen-bond acceptors (Lipinski definition) is 4. The van der Waals surface area contributed by atoms with Crippen molar-refractivity contribution in [3.8, 4) is 0 Å². The number of rotatable bonds is 6. The van der Waals surface area contributed by atoms with Gasteiger partial charge in [0, 0.05) is 0 Å². The van der Waals surface area contributed by atoms with Crippen molar-refractivity contribution in [1.29, 1.82) is 0 Å². The fraction of sp³-hybridized carbons (Fsp3) is 0.571. The zero-order chi connectivity index (χ0) is 15.3. The van der Waals surface area contributed by atoms with Crippen LogP contribution in [0.15, 0.2) is 18.3 Å². The minimum atomic E-state index is -3.38. The molecular formula is C14H20N2O4S. The predicted molar refractivity (Wildman–Crippen MR) is 79.6 cm³/mol. The first-order valence-corrected chi connectivity index (χ1v) is 8.77. The minimum Gasteiger partial charge on any atom is -0.481 e. The van der Waals surface area contributed by atoms with Gasteiger partial charge in [-0.25, -0.2) is 8.42 Å².